The summed E-state index contributed by atoms with van der Waals surface area (Å²) in [5, 5.41) is 3.16. The van der Waals surface area contributed by atoms with Crippen LogP contribution < -0.4 is 10.1 Å². The monoisotopic (exact) mass is 238 g/mol. The zero-order chi connectivity index (χ0) is 12.1. The van der Waals surface area contributed by atoms with Gasteiger partial charge in [0, 0.05) is 12.1 Å². The Kier molecular flexibility index (Phi) is 4.31. The van der Waals surface area contributed by atoms with E-state index in [2.05, 4.69) is 10.3 Å². The summed E-state index contributed by atoms with van der Waals surface area (Å²) in [6.45, 7) is 4.14. The molecule has 1 aromatic rings. The summed E-state index contributed by atoms with van der Waals surface area (Å²) < 4.78 is 18.7. The van der Waals surface area contributed by atoms with E-state index < -0.39 is 0 Å². The highest BCUT2D eigenvalue weighted by atomic mass is 19.1. The molecule has 0 spiro atoms. The van der Waals surface area contributed by atoms with Crippen LogP contribution >= 0.6 is 0 Å². The van der Waals surface area contributed by atoms with E-state index in [9.17, 15) is 4.39 Å². The summed E-state index contributed by atoms with van der Waals surface area (Å²) in [4.78, 5) is 4.01. The van der Waals surface area contributed by atoms with Crippen LogP contribution in [-0.2, 0) is 6.54 Å². The quantitative estimate of drug-likeness (QED) is 0.792. The first-order chi connectivity index (χ1) is 8.29. The maximum atomic E-state index is 13.1. The maximum Gasteiger partial charge on any atom is 0.218 e. The second kappa shape index (κ2) is 5.96. The first-order valence-corrected chi connectivity index (χ1v) is 6.27. The number of nitrogens with zero attached hydrogens (tertiary/aromatic N) is 1. The fourth-order valence-electron chi connectivity index (χ4n) is 1.71. The van der Waals surface area contributed by atoms with Crippen LogP contribution in [0, 0.1) is 11.7 Å². The molecule has 94 valence electrons. The average molecular weight is 238 g/mol. The standard InChI is InChI=1S/C13H19FN2O/c1-2-15-8-11-7-12(14)9-16-13(11)17-6-5-10-3-4-10/h7,9-10,15H,2-6,8H2,1H3. The number of nitrogens with one attached hydrogen (secondary N) is 1. The van der Waals surface area contributed by atoms with Gasteiger partial charge in [-0.2, -0.15) is 0 Å². The first kappa shape index (κ1) is 12.3. The van der Waals surface area contributed by atoms with E-state index in [0.29, 0.717) is 19.0 Å². The Labute approximate surface area is 101 Å². The molecule has 1 N–H and O–H groups in total. The predicted molar refractivity (Wildman–Crippen MR) is 64.4 cm³/mol. The van der Waals surface area contributed by atoms with Gasteiger partial charge in [0.05, 0.1) is 12.8 Å². The Hall–Kier alpha value is -1.16. The molecule has 0 unspecified atom stereocenters. The largest absolute Gasteiger partial charge is 0.477 e. The lowest BCUT2D eigenvalue weighted by Crippen LogP contribution is -2.14. The molecule has 1 aliphatic rings. The molecule has 0 aliphatic heterocycles. The number of hydrogen-bond donors (Lipinski definition) is 1. The molecular weight excluding hydrogens is 219 g/mol. The van der Waals surface area contributed by atoms with Crippen molar-refractivity contribution in [1.82, 2.24) is 10.3 Å². The van der Waals surface area contributed by atoms with Crippen molar-refractivity contribution in [3.05, 3.63) is 23.6 Å². The maximum absolute atomic E-state index is 13.1. The van der Waals surface area contributed by atoms with Gasteiger partial charge in [0.1, 0.15) is 5.82 Å². The van der Waals surface area contributed by atoms with Crippen molar-refractivity contribution in [2.45, 2.75) is 32.7 Å². The van der Waals surface area contributed by atoms with E-state index in [-0.39, 0.29) is 5.82 Å². The zero-order valence-corrected chi connectivity index (χ0v) is 10.2. The van der Waals surface area contributed by atoms with E-state index in [0.717, 1.165) is 24.4 Å². The van der Waals surface area contributed by atoms with Gasteiger partial charge in [-0.25, -0.2) is 9.37 Å². The number of pyridine rings is 1. The van der Waals surface area contributed by atoms with Crippen LogP contribution in [0.5, 0.6) is 5.88 Å². The topological polar surface area (TPSA) is 34.2 Å². The smallest absolute Gasteiger partial charge is 0.218 e. The van der Waals surface area contributed by atoms with Crippen LogP contribution in [0.15, 0.2) is 12.3 Å². The molecule has 3 nitrogen and oxygen atoms in total. The Balaban J connectivity index is 1.92. The second-order valence-corrected chi connectivity index (χ2v) is 4.48. The number of ether oxygens (including phenoxy) is 1. The number of aromatic nitrogens is 1. The van der Waals surface area contributed by atoms with Crippen molar-refractivity contribution in [2.75, 3.05) is 13.2 Å². The van der Waals surface area contributed by atoms with E-state index in [1.165, 1.54) is 25.1 Å². The van der Waals surface area contributed by atoms with Crippen molar-refractivity contribution in [2.24, 2.45) is 5.92 Å². The lowest BCUT2D eigenvalue weighted by Gasteiger charge is -2.10. The molecule has 0 radical (unpaired) electrons. The van der Waals surface area contributed by atoms with E-state index in [1.54, 1.807) is 0 Å². The van der Waals surface area contributed by atoms with Crippen molar-refractivity contribution >= 4 is 0 Å². The molecule has 4 heteroatoms. The lowest BCUT2D eigenvalue weighted by atomic mass is 10.2. The van der Waals surface area contributed by atoms with Crippen molar-refractivity contribution in [1.29, 1.82) is 0 Å². The van der Waals surface area contributed by atoms with Gasteiger partial charge in [-0.15, -0.1) is 0 Å². The minimum Gasteiger partial charge on any atom is -0.477 e. The summed E-state index contributed by atoms with van der Waals surface area (Å²) in [6, 6.07) is 1.49. The minimum atomic E-state index is -0.313. The second-order valence-electron chi connectivity index (χ2n) is 4.48. The molecule has 0 atom stereocenters. The van der Waals surface area contributed by atoms with Crippen LogP contribution in [0.2, 0.25) is 0 Å². The highest BCUT2D eigenvalue weighted by Crippen LogP contribution is 2.32. The molecule has 1 saturated carbocycles. The zero-order valence-electron chi connectivity index (χ0n) is 10.2. The van der Waals surface area contributed by atoms with Crippen LogP contribution in [0.4, 0.5) is 4.39 Å². The summed E-state index contributed by atoms with van der Waals surface area (Å²) in [6.07, 6.45) is 4.94. The highest BCUT2D eigenvalue weighted by molar-refractivity contribution is 5.26. The number of halogens is 1. The van der Waals surface area contributed by atoms with Crippen LogP contribution in [-0.4, -0.2) is 18.1 Å². The van der Waals surface area contributed by atoms with Crippen LogP contribution in [0.25, 0.3) is 0 Å². The third-order valence-corrected chi connectivity index (χ3v) is 2.92. The summed E-state index contributed by atoms with van der Waals surface area (Å²) in [7, 11) is 0. The Bertz CT molecular complexity index is 366. The Morgan fingerprint density at radius 3 is 3.06 bits per heavy atom. The molecule has 2 rings (SSSR count). The first-order valence-electron chi connectivity index (χ1n) is 6.27. The summed E-state index contributed by atoms with van der Waals surface area (Å²) >= 11 is 0. The third kappa shape index (κ3) is 3.97. The van der Waals surface area contributed by atoms with Gasteiger partial charge >= 0.3 is 0 Å². The summed E-state index contributed by atoms with van der Waals surface area (Å²) in [5.41, 5.74) is 0.794. The van der Waals surface area contributed by atoms with Crippen molar-refractivity contribution in [3.8, 4) is 5.88 Å². The number of hydrogen-bond acceptors (Lipinski definition) is 3. The van der Waals surface area contributed by atoms with Crippen molar-refractivity contribution in [3.63, 3.8) is 0 Å². The SMILES string of the molecule is CCNCc1cc(F)cnc1OCCC1CC1. The summed E-state index contributed by atoms with van der Waals surface area (Å²) in [5.74, 6) is 1.09. The van der Waals surface area contributed by atoms with E-state index in [4.69, 9.17) is 4.74 Å². The highest BCUT2D eigenvalue weighted by Gasteiger charge is 2.21. The van der Waals surface area contributed by atoms with Gasteiger partial charge in [-0.3, -0.25) is 0 Å². The van der Waals surface area contributed by atoms with Crippen molar-refractivity contribution < 1.29 is 9.13 Å². The average Bonchev–Trinajstić information content (AvgIpc) is 3.13. The normalized spacial score (nSPS) is 14.9. The van der Waals surface area contributed by atoms with E-state index in [1.807, 2.05) is 6.92 Å². The number of rotatable bonds is 7. The van der Waals surface area contributed by atoms with Gasteiger partial charge in [-0.1, -0.05) is 19.8 Å². The molecule has 0 saturated heterocycles. The molecule has 0 aromatic carbocycles. The van der Waals surface area contributed by atoms with Gasteiger partial charge in [0.25, 0.3) is 0 Å². The van der Waals surface area contributed by atoms with Gasteiger partial charge in [0.15, 0.2) is 0 Å². The minimum absolute atomic E-state index is 0.313. The fraction of sp³-hybridized carbons (Fsp3) is 0.615. The van der Waals surface area contributed by atoms with Gasteiger partial charge < -0.3 is 10.1 Å². The van der Waals surface area contributed by atoms with Crippen LogP contribution in [0.1, 0.15) is 31.7 Å². The molecule has 0 amide bonds. The molecule has 1 fully saturated rings. The molecule has 0 bridgehead atoms. The van der Waals surface area contributed by atoms with Crippen LogP contribution in [0.3, 0.4) is 0 Å². The molecule has 1 aromatic heterocycles. The molecule has 1 aliphatic carbocycles. The fourth-order valence-corrected chi connectivity index (χ4v) is 1.71. The molecule has 1 heterocycles. The molecular formula is C13H19FN2O. The third-order valence-electron chi connectivity index (χ3n) is 2.92. The van der Waals surface area contributed by atoms with Gasteiger partial charge in [-0.05, 0) is 24.9 Å². The predicted octanol–water partition coefficient (Wildman–Crippen LogP) is 2.51. The Morgan fingerprint density at radius 1 is 1.53 bits per heavy atom. The van der Waals surface area contributed by atoms with E-state index >= 15 is 0 Å². The lowest BCUT2D eigenvalue weighted by molar-refractivity contribution is 0.286. The van der Waals surface area contributed by atoms with Gasteiger partial charge in [0.2, 0.25) is 5.88 Å². The Morgan fingerprint density at radius 2 is 2.35 bits per heavy atom. The molecule has 17 heavy (non-hydrogen) atoms.